The van der Waals surface area contributed by atoms with Crippen molar-refractivity contribution in [2.75, 3.05) is 30.1 Å². The third-order valence-corrected chi connectivity index (χ3v) is 3.39. The fourth-order valence-corrected chi connectivity index (χ4v) is 2.26. The molecule has 19 heavy (non-hydrogen) atoms. The van der Waals surface area contributed by atoms with E-state index >= 15 is 0 Å². The Bertz CT molecular complexity index is 474. The van der Waals surface area contributed by atoms with E-state index < -0.39 is 0 Å². The molecule has 104 valence electrons. The summed E-state index contributed by atoms with van der Waals surface area (Å²) in [4.78, 5) is 11.4. The Hall–Kier alpha value is -1.75. The molecule has 0 aliphatic carbocycles. The molecule has 0 saturated heterocycles. The van der Waals surface area contributed by atoms with E-state index in [1.165, 1.54) is 0 Å². The number of carbonyl (C=O) groups excluding carboxylic acids is 1. The van der Waals surface area contributed by atoms with E-state index in [0.29, 0.717) is 18.7 Å². The van der Waals surface area contributed by atoms with Gasteiger partial charge in [-0.15, -0.1) is 0 Å². The third kappa shape index (κ3) is 3.17. The summed E-state index contributed by atoms with van der Waals surface area (Å²) < 4.78 is 5.16. The first kappa shape index (κ1) is 13.7. The molecule has 1 heterocycles. The van der Waals surface area contributed by atoms with Gasteiger partial charge >= 0.3 is 0 Å². The van der Waals surface area contributed by atoms with Gasteiger partial charge in [0, 0.05) is 25.3 Å². The first-order valence-electron chi connectivity index (χ1n) is 6.61. The molecule has 1 unspecified atom stereocenters. The summed E-state index contributed by atoms with van der Waals surface area (Å²) in [5, 5.41) is 6.25. The SMILES string of the molecule is CCC(COC)Nc1cc2c(cc1N)CCC(=O)N2. The summed E-state index contributed by atoms with van der Waals surface area (Å²) in [6.45, 7) is 2.71. The highest BCUT2D eigenvalue weighted by molar-refractivity contribution is 5.95. The van der Waals surface area contributed by atoms with E-state index in [1.54, 1.807) is 7.11 Å². The molecule has 1 aliphatic heterocycles. The molecule has 0 fully saturated rings. The van der Waals surface area contributed by atoms with E-state index in [-0.39, 0.29) is 11.9 Å². The molecule has 1 aromatic carbocycles. The van der Waals surface area contributed by atoms with Crippen LogP contribution in [0.5, 0.6) is 0 Å². The van der Waals surface area contributed by atoms with Gasteiger partial charge in [0.25, 0.3) is 0 Å². The number of rotatable bonds is 5. The number of nitrogens with two attached hydrogens (primary N) is 1. The summed E-state index contributed by atoms with van der Waals surface area (Å²) >= 11 is 0. The number of nitrogen functional groups attached to an aromatic ring is 1. The maximum Gasteiger partial charge on any atom is 0.224 e. The second kappa shape index (κ2) is 5.93. The molecular weight excluding hydrogens is 242 g/mol. The van der Waals surface area contributed by atoms with Crippen LogP contribution in [0.2, 0.25) is 0 Å². The molecule has 1 amide bonds. The third-order valence-electron chi connectivity index (χ3n) is 3.39. The maximum atomic E-state index is 11.4. The topological polar surface area (TPSA) is 76.4 Å². The van der Waals surface area contributed by atoms with Crippen LogP contribution in [-0.2, 0) is 16.0 Å². The molecule has 5 heteroatoms. The first-order chi connectivity index (χ1) is 9.13. The summed E-state index contributed by atoms with van der Waals surface area (Å²) in [5.74, 6) is 0.0622. The highest BCUT2D eigenvalue weighted by Gasteiger charge is 2.17. The monoisotopic (exact) mass is 263 g/mol. The lowest BCUT2D eigenvalue weighted by molar-refractivity contribution is -0.116. The standard InChI is InChI=1S/C14H21N3O2/c1-3-10(8-19-2)16-13-7-12-9(6-11(13)15)4-5-14(18)17-12/h6-7,10,16H,3-5,8,15H2,1-2H3,(H,17,18). The normalized spacial score (nSPS) is 15.6. The molecule has 4 N–H and O–H groups in total. The zero-order valence-electron chi connectivity index (χ0n) is 11.5. The first-order valence-corrected chi connectivity index (χ1v) is 6.61. The van der Waals surface area contributed by atoms with Crippen molar-refractivity contribution < 1.29 is 9.53 Å². The number of carbonyl (C=O) groups is 1. The number of nitrogens with one attached hydrogen (secondary N) is 2. The van der Waals surface area contributed by atoms with E-state index in [9.17, 15) is 4.79 Å². The molecule has 1 atom stereocenters. The molecule has 1 aromatic rings. The number of methoxy groups -OCH3 is 1. The Morgan fingerprint density at radius 3 is 2.95 bits per heavy atom. The van der Waals surface area contributed by atoms with Crippen LogP contribution in [-0.4, -0.2) is 25.7 Å². The van der Waals surface area contributed by atoms with Gasteiger partial charge in [0.15, 0.2) is 0 Å². The molecule has 0 radical (unpaired) electrons. The largest absolute Gasteiger partial charge is 0.397 e. The van der Waals surface area contributed by atoms with Gasteiger partial charge in [-0.1, -0.05) is 6.92 Å². The minimum atomic E-state index is 0.0622. The van der Waals surface area contributed by atoms with Crippen molar-refractivity contribution in [1.82, 2.24) is 0 Å². The number of aryl methyl sites for hydroxylation is 1. The van der Waals surface area contributed by atoms with Crippen molar-refractivity contribution in [2.24, 2.45) is 0 Å². The van der Waals surface area contributed by atoms with E-state index in [2.05, 4.69) is 17.6 Å². The summed E-state index contributed by atoms with van der Waals surface area (Å²) in [6, 6.07) is 4.07. The average molecular weight is 263 g/mol. The van der Waals surface area contributed by atoms with E-state index in [0.717, 1.165) is 29.8 Å². The Labute approximate surface area is 113 Å². The lowest BCUT2D eigenvalue weighted by Crippen LogP contribution is -2.25. The molecule has 0 bridgehead atoms. The number of amides is 1. The minimum Gasteiger partial charge on any atom is -0.397 e. The number of anilines is 3. The number of benzene rings is 1. The molecular formula is C14H21N3O2. The van der Waals surface area contributed by atoms with Gasteiger partial charge in [-0.3, -0.25) is 4.79 Å². The fraction of sp³-hybridized carbons (Fsp3) is 0.500. The zero-order chi connectivity index (χ0) is 13.8. The number of hydrogen-bond acceptors (Lipinski definition) is 4. The van der Waals surface area contributed by atoms with Gasteiger partial charge in [0.1, 0.15) is 0 Å². The number of ether oxygens (including phenoxy) is 1. The van der Waals surface area contributed by atoms with E-state index in [1.807, 2.05) is 12.1 Å². The van der Waals surface area contributed by atoms with Crippen LogP contribution in [0.3, 0.4) is 0 Å². The van der Waals surface area contributed by atoms with Crippen LogP contribution in [0.1, 0.15) is 25.3 Å². The quantitative estimate of drug-likeness (QED) is 0.710. The lowest BCUT2D eigenvalue weighted by Gasteiger charge is -2.23. The van der Waals surface area contributed by atoms with Crippen molar-refractivity contribution in [2.45, 2.75) is 32.2 Å². The average Bonchev–Trinajstić information content (AvgIpc) is 2.39. The van der Waals surface area contributed by atoms with Crippen LogP contribution >= 0.6 is 0 Å². The van der Waals surface area contributed by atoms with Gasteiger partial charge in [0.2, 0.25) is 5.91 Å². The van der Waals surface area contributed by atoms with E-state index in [4.69, 9.17) is 10.5 Å². The molecule has 0 aromatic heterocycles. The Balaban J connectivity index is 2.21. The van der Waals surface area contributed by atoms with Crippen molar-refractivity contribution in [3.8, 4) is 0 Å². The van der Waals surface area contributed by atoms with Crippen LogP contribution in [0, 0.1) is 0 Å². The van der Waals surface area contributed by atoms with Crippen LogP contribution in [0.4, 0.5) is 17.1 Å². The van der Waals surface area contributed by atoms with Gasteiger partial charge < -0.3 is 21.1 Å². The molecule has 2 rings (SSSR count). The summed E-state index contributed by atoms with van der Waals surface area (Å²) in [5.41, 5.74) is 9.59. The summed E-state index contributed by atoms with van der Waals surface area (Å²) in [6.07, 6.45) is 2.22. The van der Waals surface area contributed by atoms with Crippen LogP contribution in [0.25, 0.3) is 0 Å². The molecule has 5 nitrogen and oxygen atoms in total. The second-order valence-electron chi connectivity index (χ2n) is 4.85. The Morgan fingerprint density at radius 2 is 2.26 bits per heavy atom. The van der Waals surface area contributed by atoms with Crippen LogP contribution < -0.4 is 16.4 Å². The zero-order valence-corrected chi connectivity index (χ0v) is 11.5. The van der Waals surface area contributed by atoms with Gasteiger partial charge in [-0.05, 0) is 30.5 Å². The smallest absolute Gasteiger partial charge is 0.224 e. The Kier molecular flexibility index (Phi) is 4.27. The number of fused-ring (bicyclic) bond motifs is 1. The fourth-order valence-electron chi connectivity index (χ4n) is 2.26. The van der Waals surface area contributed by atoms with Crippen molar-refractivity contribution in [3.63, 3.8) is 0 Å². The lowest BCUT2D eigenvalue weighted by atomic mass is 10.0. The van der Waals surface area contributed by atoms with Gasteiger partial charge in [-0.2, -0.15) is 0 Å². The molecule has 0 spiro atoms. The second-order valence-corrected chi connectivity index (χ2v) is 4.85. The molecule has 0 saturated carbocycles. The Morgan fingerprint density at radius 1 is 1.47 bits per heavy atom. The number of hydrogen-bond donors (Lipinski definition) is 3. The maximum absolute atomic E-state index is 11.4. The van der Waals surface area contributed by atoms with Crippen LogP contribution in [0.15, 0.2) is 12.1 Å². The van der Waals surface area contributed by atoms with Gasteiger partial charge in [-0.25, -0.2) is 0 Å². The minimum absolute atomic E-state index is 0.0622. The van der Waals surface area contributed by atoms with Crippen molar-refractivity contribution in [3.05, 3.63) is 17.7 Å². The van der Waals surface area contributed by atoms with Crippen molar-refractivity contribution in [1.29, 1.82) is 0 Å². The predicted octanol–water partition coefficient (Wildman–Crippen LogP) is 1.99. The molecule has 1 aliphatic rings. The summed E-state index contributed by atoms with van der Waals surface area (Å²) in [7, 11) is 1.68. The van der Waals surface area contributed by atoms with Gasteiger partial charge in [0.05, 0.1) is 18.0 Å². The highest BCUT2D eigenvalue weighted by atomic mass is 16.5. The predicted molar refractivity (Wildman–Crippen MR) is 77.4 cm³/mol. The van der Waals surface area contributed by atoms with Crippen molar-refractivity contribution >= 4 is 23.0 Å². The highest BCUT2D eigenvalue weighted by Crippen LogP contribution is 2.31.